The van der Waals surface area contributed by atoms with E-state index in [1.165, 1.54) is 6.20 Å². The predicted molar refractivity (Wildman–Crippen MR) is 58.5 cm³/mol. The molecule has 1 aliphatic rings. The van der Waals surface area contributed by atoms with E-state index in [0.29, 0.717) is 11.3 Å². The number of aryl methyl sites for hydroxylation is 1. The molecule has 0 aromatic carbocycles. The molecule has 0 radical (unpaired) electrons. The molecule has 0 aliphatic heterocycles. The fourth-order valence-electron chi connectivity index (χ4n) is 1.42. The van der Waals surface area contributed by atoms with Gasteiger partial charge in [0.05, 0.1) is 5.56 Å². The molecule has 2 rings (SSSR count). The summed E-state index contributed by atoms with van der Waals surface area (Å²) in [6.45, 7) is 3.88. The van der Waals surface area contributed by atoms with E-state index in [1.54, 1.807) is 6.07 Å². The van der Waals surface area contributed by atoms with E-state index in [-0.39, 0.29) is 11.4 Å². The SMILES string of the molecule is Cc1cc(N)c(C(=O)NC2(C)CC2)cn1. The molecule has 4 heteroatoms. The quantitative estimate of drug-likeness (QED) is 0.763. The molecule has 1 aromatic rings. The summed E-state index contributed by atoms with van der Waals surface area (Å²) in [4.78, 5) is 15.9. The van der Waals surface area contributed by atoms with Crippen molar-refractivity contribution in [2.45, 2.75) is 32.2 Å². The maximum Gasteiger partial charge on any atom is 0.255 e. The zero-order chi connectivity index (χ0) is 11.1. The summed E-state index contributed by atoms with van der Waals surface area (Å²) in [5.74, 6) is -0.125. The molecule has 1 amide bonds. The van der Waals surface area contributed by atoms with Crippen LogP contribution in [-0.2, 0) is 0 Å². The van der Waals surface area contributed by atoms with E-state index >= 15 is 0 Å². The molecular weight excluding hydrogens is 190 g/mol. The molecule has 0 unspecified atom stereocenters. The molecule has 80 valence electrons. The van der Waals surface area contributed by atoms with Gasteiger partial charge in [-0.2, -0.15) is 0 Å². The lowest BCUT2D eigenvalue weighted by Gasteiger charge is -2.12. The van der Waals surface area contributed by atoms with Gasteiger partial charge in [-0.05, 0) is 32.8 Å². The summed E-state index contributed by atoms with van der Waals surface area (Å²) >= 11 is 0. The highest BCUT2D eigenvalue weighted by molar-refractivity contribution is 5.99. The Morgan fingerprint density at radius 1 is 1.60 bits per heavy atom. The van der Waals surface area contributed by atoms with E-state index in [1.807, 2.05) is 13.8 Å². The van der Waals surface area contributed by atoms with Gasteiger partial charge >= 0.3 is 0 Å². The van der Waals surface area contributed by atoms with Gasteiger partial charge < -0.3 is 11.1 Å². The van der Waals surface area contributed by atoms with Crippen LogP contribution in [0.3, 0.4) is 0 Å². The van der Waals surface area contributed by atoms with Crippen molar-refractivity contribution in [1.29, 1.82) is 0 Å². The number of amides is 1. The lowest BCUT2D eigenvalue weighted by molar-refractivity contribution is 0.0936. The Kier molecular flexibility index (Phi) is 2.14. The van der Waals surface area contributed by atoms with E-state index in [2.05, 4.69) is 10.3 Å². The minimum absolute atomic E-state index is 0.0194. The van der Waals surface area contributed by atoms with Crippen molar-refractivity contribution in [3.8, 4) is 0 Å². The maximum absolute atomic E-state index is 11.8. The molecule has 4 nitrogen and oxygen atoms in total. The van der Waals surface area contributed by atoms with Gasteiger partial charge in [-0.15, -0.1) is 0 Å². The topological polar surface area (TPSA) is 68.0 Å². The van der Waals surface area contributed by atoms with E-state index in [4.69, 9.17) is 5.73 Å². The molecule has 0 spiro atoms. The van der Waals surface area contributed by atoms with Crippen molar-refractivity contribution < 1.29 is 4.79 Å². The molecule has 1 aromatic heterocycles. The average molecular weight is 205 g/mol. The molecule has 0 saturated heterocycles. The number of pyridine rings is 1. The van der Waals surface area contributed by atoms with Gasteiger partial charge in [0, 0.05) is 23.1 Å². The second kappa shape index (κ2) is 3.22. The van der Waals surface area contributed by atoms with Crippen molar-refractivity contribution in [3.05, 3.63) is 23.5 Å². The fourth-order valence-corrected chi connectivity index (χ4v) is 1.42. The van der Waals surface area contributed by atoms with Gasteiger partial charge in [0.1, 0.15) is 0 Å². The van der Waals surface area contributed by atoms with Gasteiger partial charge in [0.25, 0.3) is 5.91 Å². The molecule has 1 fully saturated rings. The van der Waals surface area contributed by atoms with Gasteiger partial charge in [-0.3, -0.25) is 9.78 Å². The normalized spacial score (nSPS) is 17.2. The Bertz CT molecular complexity index is 410. The summed E-state index contributed by atoms with van der Waals surface area (Å²) in [7, 11) is 0. The number of carbonyl (C=O) groups is 1. The Morgan fingerprint density at radius 2 is 2.27 bits per heavy atom. The third-order valence-corrected chi connectivity index (χ3v) is 2.73. The van der Waals surface area contributed by atoms with Crippen molar-refractivity contribution in [3.63, 3.8) is 0 Å². The number of nitrogen functional groups attached to an aromatic ring is 1. The number of anilines is 1. The first-order chi connectivity index (χ1) is 7.00. The van der Waals surface area contributed by atoms with Crippen molar-refractivity contribution in [1.82, 2.24) is 10.3 Å². The summed E-state index contributed by atoms with van der Waals surface area (Å²) < 4.78 is 0. The first kappa shape index (κ1) is 9.96. The number of nitrogens with two attached hydrogens (primary N) is 1. The number of nitrogens with zero attached hydrogens (tertiary/aromatic N) is 1. The number of hydrogen-bond acceptors (Lipinski definition) is 3. The highest BCUT2D eigenvalue weighted by Crippen LogP contribution is 2.34. The third-order valence-electron chi connectivity index (χ3n) is 2.73. The predicted octanol–water partition coefficient (Wildman–Crippen LogP) is 1.25. The summed E-state index contributed by atoms with van der Waals surface area (Å²) in [6, 6.07) is 1.71. The van der Waals surface area contributed by atoms with Gasteiger partial charge in [0.15, 0.2) is 0 Å². The Morgan fingerprint density at radius 3 is 2.80 bits per heavy atom. The van der Waals surface area contributed by atoms with Gasteiger partial charge in [0.2, 0.25) is 0 Å². The molecule has 1 heterocycles. The van der Waals surface area contributed by atoms with Crippen molar-refractivity contribution in [2.75, 3.05) is 5.73 Å². The Labute approximate surface area is 88.9 Å². The molecule has 0 bridgehead atoms. The Hall–Kier alpha value is -1.58. The number of aromatic nitrogens is 1. The van der Waals surface area contributed by atoms with Crippen molar-refractivity contribution >= 4 is 11.6 Å². The maximum atomic E-state index is 11.8. The standard InChI is InChI=1S/C11H15N3O/c1-7-5-9(12)8(6-13-7)10(15)14-11(2)3-4-11/h5-6H,3-4H2,1-2H3,(H2,12,13)(H,14,15). The number of rotatable bonds is 2. The third kappa shape index (κ3) is 2.09. The Balaban J connectivity index is 2.18. The van der Waals surface area contributed by atoms with Crippen LogP contribution in [-0.4, -0.2) is 16.4 Å². The highest BCUT2D eigenvalue weighted by Gasteiger charge is 2.39. The second-order valence-corrected chi connectivity index (χ2v) is 4.43. The number of hydrogen-bond donors (Lipinski definition) is 2. The van der Waals surface area contributed by atoms with Crippen LogP contribution in [0.5, 0.6) is 0 Å². The first-order valence-corrected chi connectivity index (χ1v) is 5.05. The zero-order valence-electron chi connectivity index (χ0n) is 9.00. The van der Waals surface area contributed by atoms with Crippen LogP contribution >= 0.6 is 0 Å². The summed E-state index contributed by atoms with van der Waals surface area (Å²) in [5.41, 5.74) is 7.52. The van der Waals surface area contributed by atoms with Crippen LogP contribution in [0.15, 0.2) is 12.3 Å². The lowest BCUT2D eigenvalue weighted by atomic mass is 10.2. The molecular formula is C11H15N3O. The van der Waals surface area contributed by atoms with E-state index < -0.39 is 0 Å². The van der Waals surface area contributed by atoms with Crippen molar-refractivity contribution in [2.24, 2.45) is 0 Å². The van der Waals surface area contributed by atoms with Gasteiger partial charge in [-0.1, -0.05) is 0 Å². The fraction of sp³-hybridized carbons (Fsp3) is 0.455. The average Bonchev–Trinajstić information content (AvgIpc) is 2.82. The van der Waals surface area contributed by atoms with Crippen LogP contribution in [0.25, 0.3) is 0 Å². The van der Waals surface area contributed by atoms with Crippen LogP contribution in [0.1, 0.15) is 35.8 Å². The van der Waals surface area contributed by atoms with Crippen LogP contribution in [0, 0.1) is 6.92 Å². The van der Waals surface area contributed by atoms with Crippen LogP contribution in [0.2, 0.25) is 0 Å². The monoisotopic (exact) mass is 205 g/mol. The molecule has 1 aliphatic carbocycles. The zero-order valence-corrected chi connectivity index (χ0v) is 9.00. The smallest absolute Gasteiger partial charge is 0.255 e. The van der Waals surface area contributed by atoms with Gasteiger partial charge in [-0.25, -0.2) is 0 Å². The first-order valence-electron chi connectivity index (χ1n) is 5.05. The largest absolute Gasteiger partial charge is 0.398 e. The molecule has 15 heavy (non-hydrogen) atoms. The number of nitrogens with one attached hydrogen (secondary N) is 1. The lowest BCUT2D eigenvalue weighted by Crippen LogP contribution is -2.34. The molecule has 0 atom stereocenters. The van der Waals surface area contributed by atoms with E-state index in [0.717, 1.165) is 18.5 Å². The molecule has 3 N–H and O–H groups in total. The van der Waals surface area contributed by atoms with Crippen LogP contribution < -0.4 is 11.1 Å². The summed E-state index contributed by atoms with van der Waals surface area (Å²) in [5, 5.41) is 2.95. The number of carbonyl (C=O) groups excluding carboxylic acids is 1. The minimum atomic E-state index is -0.125. The van der Waals surface area contributed by atoms with E-state index in [9.17, 15) is 4.79 Å². The summed E-state index contributed by atoms with van der Waals surface area (Å²) in [6.07, 6.45) is 3.61. The second-order valence-electron chi connectivity index (χ2n) is 4.43. The molecule has 1 saturated carbocycles. The van der Waals surface area contributed by atoms with Crippen LogP contribution in [0.4, 0.5) is 5.69 Å². The minimum Gasteiger partial charge on any atom is -0.398 e. The highest BCUT2D eigenvalue weighted by atomic mass is 16.1.